The van der Waals surface area contributed by atoms with Gasteiger partial charge in [0.2, 0.25) is 0 Å². The van der Waals surface area contributed by atoms with E-state index in [2.05, 4.69) is 5.32 Å². The summed E-state index contributed by atoms with van der Waals surface area (Å²) >= 11 is 0. The molecule has 4 heteroatoms. The Kier molecular flexibility index (Phi) is 2.64. The zero-order valence-electron chi connectivity index (χ0n) is 8.86. The van der Waals surface area contributed by atoms with Crippen LogP contribution < -0.4 is 11.1 Å². The SMILES string of the molecule is Cc1occc1C(=O)Nc1ccc(N)cc1. The molecular weight excluding hydrogens is 204 g/mol. The smallest absolute Gasteiger partial charge is 0.259 e. The Morgan fingerprint density at radius 1 is 1.25 bits per heavy atom. The van der Waals surface area contributed by atoms with E-state index in [1.54, 1.807) is 37.3 Å². The van der Waals surface area contributed by atoms with Gasteiger partial charge in [-0.2, -0.15) is 0 Å². The van der Waals surface area contributed by atoms with Crippen molar-refractivity contribution in [2.75, 3.05) is 11.1 Å². The molecule has 1 amide bonds. The van der Waals surface area contributed by atoms with E-state index >= 15 is 0 Å². The lowest BCUT2D eigenvalue weighted by molar-refractivity contribution is 0.102. The quantitative estimate of drug-likeness (QED) is 0.757. The number of benzene rings is 1. The van der Waals surface area contributed by atoms with Crippen molar-refractivity contribution < 1.29 is 9.21 Å². The standard InChI is InChI=1S/C12H12N2O2/c1-8-11(6-7-16-8)12(15)14-10-4-2-9(13)3-5-10/h2-7H,13H2,1H3,(H,14,15). The van der Waals surface area contributed by atoms with Crippen LogP contribution in [0.5, 0.6) is 0 Å². The van der Waals surface area contributed by atoms with Crippen LogP contribution in [-0.2, 0) is 0 Å². The number of furan rings is 1. The molecule has 0 saturated carbocycles. The summed E-state index contributed by atoms with van der Waals surface area (Å²) in [5, 5.41) is 2.76. The molecule has 0 fully saturated rings. The second-order valence-corrected chi connectivity index (χ2v) is 3.47. The van der Waals surface area contributed by atoms with Crippen LogP contribution in [0.25, 0.3) is 0 Å². The van der Waals surface area contributed by atoms with Crippen LogP contribution in [-0.4, -0.2) is 5.91 Å². The van der Waals surface area contributed by atoms with Crippen molar-refractivity contribution in [3.05, 3.63) is 47.9 Å². The van der Waals surface area contributed by atoms with Gasteiger partial charge in [-0.3, -0.25) is 4.79 Å². The maximum atomic E-state index is 11.8. The zero-order valence-corrected chi connectivity index (χ0v) is 8.86. The van der Waals surface area contributed by atoms with Crippen LogP contribution >= 0.6 is 0 Å². The average molecular weight is 216 g/mol. The zero-order chi connectivity index (χ0) is 11.5. The third kappa shape index (κ3) is 2.06. The van der Waals surface area contributed by atoms with Gasteiger partial charge in [-0.05, 0) is 37.3 Å². The summed E-state index contributed by atoms with van der Waals surface area (Å²) in [6.07, 6.45) is 1.49. The van der Waals surface area contributed by atoms with Gasteiger partial charge >= 0.3 is 0 Å². The van der Waals surface area contributed by atoms with E-state index in [0.717, 1.165) is 0 Å². The van der Waals surface area contributed by atoms with Crippen molar-refractivity contribution in [1.82, 2.24) is 0 Å². The van der Waals surface area contributed by atoms with E-state index in [0.29, 0.717) is 22.7 Å². The summed E-state index contributed by atoms with van der Waals surface area (Å²) in [7, 11) is 0. The van der Waals surface area contributed by atoms with Gasteiger partial charge in [0.25, 0.3) is 5.91 Å². The van der Waals surface area contributed by atoms with E-state index < -0.39 is 0 Å². The fourth-order valence-electron chi connectivity index (χ4n) is 1.39. The van der Waals surface area contributed by atoms with Crippen molar-refractivity contribution in [2.24, 2.45) is 0 Å². The number of hydrogen-bond donors (Lipinski definition) is 2. The molecule has 82 valence electrons. The number of aryl methyl sites for hydroxylation is 1. The third-order valence-electron chi connectivity index (χ3n) is 2.27. The molecule has 2 aromatic rings. The first-order chi connectivity index (χ1) is 7.66. The van der Waals surface area contributed by atoms with Gasteiger partial charge in [-0.25, -0.2) is 0 Å². The topological polar surface area (TPSA) is 68.3 Å². The number of anilines is 2. The molecule has 0 spiro atoms. The summed E-state index contributed by atoms with van der Waals surface area (Å²) in [5.41, 5.74) is 7.46. The molecule has 1 heterocycles. The molecule has 16 heavy (non-hydrogen) atoms. The van der Waals surface area contributed by atoms with E-state index in [1.807, 2.05) is 0 Å². The lowest BCUT2D eigenvalue weighted by atomic mass is 10.2. The molecule has 0 aliphatic heterocycles. The minimum Gasteiger partial charge on any atom is -0.469 e. The lowest BCUT2D eigenvalue weighted by Crippen LogP contribution is -2.11. The molecule has 2 rings (SSSR count). The molecule has 0 unspecified atom stereocenters. The number of carbonyl (C=O) groups is 1. The highest BCUT2D eigenvalue weighted by Gasteiger charge is 2.10. The molecule has 0 aliphatic rings. The van der Waals surface area contributed by atoms with Gasteiger partial charge in [-0.15, -0.1) is 0 Å². The number of rotatable bonds is 2. The molecule has 0 atom stereocenters. The number of nitrogen functional groups attached to an aromatic ring is 1. The normalized spacial score (nSPS) is 10.1. The molecule has 1 aromatic heterocycles. The highest BCUT2D eigenvalue weighted by atomic mass is 16.3. The van der Waals surface area contributed by atoms with Gasteiger partial charge < -0.3 is 15.5 Å². The first-order valence-corrected chi connectivity index (χ1v) is 4.88. The largest absolute Gasteiger partial charge is 0.469 e. The summed E-state index contributed by atoms with van der Waals surface area (Å²) in [5.74, 6) is 0.420. The maximum absolute atomic E-state index is 11.8. The molecule has 1 aromatic carbocycles. The fourth-order valence-corrected chi connectivity index (χ4v) is 1.39. The van der Waals surface area contributed by atoms with E-state index in [4.69, 9.17) is 10.2 Å². The van der Waals surface area contributed by atoms with E-state index in [9.17, 15) is 4.79 Å². The van der Waals surface area contributed by atoms with Crippen molar-refractivity contribution >= 4 is 17.3 Å². The lowest BCUT2D eigenvalue weighted by Gasteiger charge is -2.04. The number of carbonyl (C=O) groups excluding carboxylic acids is 1. The molecule has 0 radical (unpaired) electrons. The summed E-state index contributed by atoms with van der Waals surface area (Å²) in [6, 6.07) is 8.61. The molecule has 4 nitrogen and oxygen atoms in total. The van der Waals surface area contributed by atoms with Gasteiger partial charge in [0.05, 0.1) is 11.8 Å². The summed E-state index contributed by atoms with van der Waals surface area (Å²) in [4.78, 5) is 11.8. The van der Waals surface area contributed by atoms with Crippen molar-refractivity contribution in [3.8, 4) is 0 Å². The molecule has 0 saturated heterocycles. The first kappa shape index (κ1) is 10.3. The van der Waals surface area contributed by atoms with Crippen LogP contribution in [0, 0.1) is 6.92 Å². The molecule has 0 bridgehead atoms. The fraction of sp³-hybridized carbons (Fsp3) is 0.0833. The van der Waals surface area contributed by atoms with Crippen LogP contribution in [0.3, 0.4) is 0 Å². The highest BCUT2D eigenvalue weighted by molar-refractivity contribution is 6.04. The second kappa shape index (κ2) is 4.10. The highest BCUT2D eigenvalue weighted by Crippen LogP contribution is 2.14. The van der Waals surface area contributed by atoms with Crippen molar-refractivity contribution in [3.63, 3.8) is 0 Å². The molecule has 3 N–H and O–H groups in total. The van der Waals surface area contributed by atoms with Crippen molar-refractivity contribution in [2.45, 2.75) is 6.92 Å². The first-order valence-electron chi connectivity index (χ1n) is 4.88. The maximum Gasteiger partial charge on any atom is 0.259 e. The van der Waals surface area contributed by atoms with Gasteiger partial charge in [-0.1, -0.05) is 0 Å². The van der Waals surface area contributed by atoms with Gasteiger partial charge in [0, 0.05) is 11.4 Å². The molecule has 0 aliphatic carbocycles. The third-order valence-corrected chi connectivity index (χ3v) is 2.27. The van der Waals surface area contributed by atoms with Gasteiger partial charge in [0.1, 0.15) is 5.76 Å². The van der Waals surface area contributed by atoms with E-state index in [1.165, 1.54) is 6.26 Å². The predicted molar refractivity (Wildman–Crippen MR) is 62.3 cm³/mol. The Balaban J connectivity index is 2.14. The van der Waals surface area contributed by atoms with Crippen LogP contribution in [0.4, 0.5) is 11.4 Å². The Labute approximate surface area is 93.1 Å². The monoisotopic (exact) mass is 216 g/mol. The predicted octanol–water partition coefficient (Wildman–Crippen LogP) is 2.42. The summed E-state index contributed by atoms with van der Waals surface area (Å²) < 4.78 is 5.06. The average Bonchev–Trinajstić information content (AvgIpc) is 2.68. The minimum atomic E-state index is -0.184. The Morgan fingerprint density at radius 2 is 1.94 bits per heavy atom. The van der Waals surface area contributed by atoms with E-state index in [-0.39, 0.29) is 5.91 Å². The van der Waals surface area contributed by atoms with Crippen LogP contribution in [0.1, 0.15) is 16.1 Å². The number of nitrogens with two attached hydrogens (primary N) is 1. The van der Waals surface area contributed by atoms with Gasteiger partial charge in [0.15, 0.2) is 0 Å². The Morgan fingerprint density at radius 3 is 2.50 bits per heavy atom. The minimum absolute atomic E-state index is 0.184. The Bertz CT molecular complexity index is 500. The molecular formula is C12H12N2O2. The van der Waals surface area contributed by atoms with Crippen LogP contribution in [0.2, 0.25) is 0 Å². The second-order valence-electron chi connectivity index (χ2n) is 3.47. The number of nitrogens with one attached hydrogen (secondary N) is 1. The number of hydrogen-bond acceptors (Lipinski definition) is 3. The Hall–Kier alpha value is -2.23. The van der Waals surface area contributed by atoms with Crippen molar-refractivity contribution in [1.29, 1.82) is 0 Å². The number of amides is 1. The summed E-state index contributed by atoms with van der Waals surface area (Å²) in [6.45, 7) is 1.75. The van der Waals surface area contributed by atoms with Crippen LogP contribution in [0.15, 0.2) is 41.0 Å².